The lowest BCUT2D eigenvalue weighted by molar-refractivity contribution is 0.303. The van der Waals surface area contributed by atoms with E-state index in [1.165, 1.54) is 10.4 Å². The van der Waals surface area contributed by atoms with E-state index in [1.54, 1.807) is 11.3 Å². The highest BCUT2D eigenvalue weighted by Gasteiger charge is 2.15. The quantitative estimate of drug-likeness (QED) is 0.823. The number of benzene rings is 1. The molecular weight excluding hydrogens is 298 g/mol. The van der Waals surface area contributed by atoms with Crippen LogP contribution in [0.3, 0.4) is 0 Å². The first kappa shape index (κ1) is 15.9. The molecule has 3 nitrogen and oxygen atoms in total. The van der Waals surface area contributed by atoms with Crippen molar-refractivity contribution in [2.75, 3.05) is 26.0 Å². The molecule has 2 rings (SSSR count). The summed E-state index contributed by atoms with van der Waals surface area (Å²) < 4.78 is 0. The molecule has 1 aromatic carbocycles. The molecule has 112 valence electrons. The van der Waals surface area contributed by atoms with Crippen molar-refractivity contribution in [2.24, 2.45) is 0 Å². The Balaban J connectivity index is 1.89. The molecule has 2 aromatic rings. The lowest BCUT2D eigenvalue weighted by Crippen LogP contribution is -2.36. The number of likely N-dealkylation sites (N-methyl/N-ethyl adjacent to an activating group) is 1. The molecule has 21 heavy (non-hydrogen) atoms. The van der Waals surface area contributed by atoms with E-state index < -0.39 is 0 Å². The van der Waals surface area contributed by atoms with Gasteiger partial charge in [-0.3, -0.25) is 0 Å². The molecular formula is C16H21N3S2. The molecule has 0 aliphatic carbocycles. The van der Waals surface area contributed by atoms with Crippen LogP contribution in [0.1, 0.15) is 16.5 Å². The van der Waals surface area contributed by atoms with Crippen molar-refractivity contribution in [1.82, 2.24) is 10.2 Å². The predicted molar refractivity (Wildman–Crippen MR) is 96.1 cm³/mol. The van der Waals surface area contributed by atoms with Gasteiger partial charge >= 0.3 is 0 Å². The maximum Gasteiger partial charge on any atom is 0.170 e. The van der Waals surface area contributed by atoms with Gasteiger partial charge in [0.2, 0.25) is 0 Å². The van der Waals surface area contributed by atoms with Crippen molar-refractivity contribution in [1.29, 1.82) is 0 Å². The summed E-state index contributed by atoms with van der Waals surface area (Å²) in [5.41, 5.74) is 2.25. The Morgan fingerprint density at radius 3 is 2.52 bits per heavy atom. The Morgan fingerprint density at radius 1 is 1.24 bits per heavy atom. The number of anilines is 1. The predicted octanol–water partition coefficient (Wildman–Crippen LogP) is 3.65. The molecule has 1 aromatic heterocycles. The van der Waals surface area contributed by atoms with Gasteiger partial charge in [-0.15, -0.1) is 11.3 Å². The number of nitrogens with zero attached hydrogens (tertiary/aromatic N) is 1. The minimum Gasteiger partial charge on any atom is -0.360 e. The van der Waals surface area contributed by atoms with Gasteiger partial charge in [-0.2, -0.15) is 0 Å². The van der Waals surface area contributed by atoms with Crippen LogP contribution >= 0.6 is 23.6 Å². The van der Waals surface area contributed by atoms with Crippen molar-refractivity contribution in [3.63, 3.8) is 0 Å². The Morgan fingerprint density at radius 2 is 1.95 bits per heavy atom. The van der Waals surface area contributed by atoms with Gasteiger partial charge in [-0.05, 0) is 56.8 Å². The average molecular weight is 319 g/mol. The molecule has 1 atom stereocenters. The van der Waals surface area contributed by atoms with Gasteiger partial charge in [-0.25, -0.2) is 0 Å². The minimum atomic E-state index is 0.322. The van der Waals surface area contributed by atoms with Gasteiger partial charge in [0, 0.05) is 17.1 Å². The van der Waals surface area contributed by atoms with Gasteiger partial charge in [0.15, 0.2) is 5.11 Å². The van der Waals surface area contributed by atoms with Crippen molar-refractivity contribution >= 4 is 34.4 Å². The number of rotatable bonds is 5. The van der Waals surface area contributed by atoms with Gasteiger partial charge in [0.05, 0.1) is 6.04 Å². The second-order valence-corrected chi connectivity index (χ2v) is 6.58. The number of aryl methyl sites for hydroxylation is 1. The Bertz CT molecular complexity index is 562. The topological polar surface area (TPSA) is 27.3 Å². The Kier molecular flexibility index (Phi) is 5.73. The molecule has 0 aliphatic rings. The van der Waals surface area contributed by atoms with E-state index in [-0.39, 0.29) is 0 Å². The van der Waals surface area contributed by atoms with Crippen LogP contribution < -0.4 is 10.6 Å². The van der Waals surface area contributed by atoms with Crippen molar-refractivity contribution in [3.8, 4) is 0 Å². The van der Waals surface area contributed by atoms with Crippen molar-refractivity contribution in [3.05, 3.63) is 52.2 Å². The monoisotopic (exact) mass is 319 g/mol. The van der Waals surface area contributed by atoms with Crippen LogP contribution in [0.25, 0.3) is 0 Å². The summed E-state index contributed by atoms with van der Waals surface area (Å²) in [6.07, 6.45) is 0. The number of thiocarbonyl (C=S) groups is 1. The van der Waals surface area contributed by atoms with E-state index in [0.717, 1.165) is 12.2 Å². The molecule has 0 bridgehead atoms. The van der Waals surface area contributed by atoms with Crippen LogP contribution in [-0.4, -0.2) is 30.7 Å². The van der Waals surface area contributed by atoms with Crippen LogP contribution in [0.2, 0.25) is 0 Å². The van der Waals surface area contributed by atoms with E-state index in [4.69, 9.17) is 12.2 Å². The van der Waals surface area contributed by atoms with Gasteiger partial charge < -0.3 is 15.5 Å². The molecule has 0 amide bonds. The largest absolute Gasteiger partial charge is 0.360 e. The van der Waals surface area contributed by atoms with Crippen LogP contribution in [0, 0.1) is 6.92 Å². The maximum atomic E-state index is 5.37. The molecule has 5 heteroatoms. The van der Waals surface area contributed by atoms with Crippen LogP contribution in [0.15, 0.2) is 41.8 Å². The van der Waals surface area contributed by atoms with Crippen molar-refractivity contribution < 1.29 is 0 Å². The Hall–Kier alpha value is -1.43. The summed E-state index contributed by atoms with van der Waals surface area (Å²) in [5.74, 6) is 0. The number of nitrogens with one attached hydrogen (secondary N) is 2. The maximum absolute atomic E-state index is 5.37. The van der Waals surface area contributed by atoms with Crippen molar-refractivity contribution in [2.45, 2.75) is 13.0 Å². The Labute approximate surface area is 136 Å². The molecule has 1 heterocycles. The van der Waals surface area contributed by atoms with Gasteiger partial charge in [0.1, 0.15) is 0 Å². The third kappa shape index (κ3) is 4.81. The molecule has 0 spiro atoms. The summed E-state index contributed by atoms with van der Waals surface area (Å²) in [4.78, 5) is 3.54. The summed E-state index contributed by atoms with van der Waals surface area (Å²) in [7, 11) is 4.17. The number of hydrogen-bond donors (Lipinski definition) is 2. The molecule has 2 N–H and O–H groups in total. The molecule has 0 aliphatic heterocycles. The first-order valence-corrected chi connectivity index (χ1v) is 8.16. The lowest BCUT2D eigenvalue weighted by atomic mass is 10.2. The highest BCUT2D eigenvalue weighted by atomic mass is 32.1. The fourth-order valence-corrected chi connectivity index (χ4v) is 3.14. The zero-order valence-corrected chi connectivity index (χ0v) is 14.2. The smallest absolute Gasteiger partial charge is 0.170 e. The highest BCUT2D eigenvalue weighted by molar-refractivity contribution is 7.80. The highest BCUT2D eigenvalue weighted by Crippen LogP contribution is 2.22. The first-order valence-electron chi connectivity index (χ1n) is 6.87. The SMILES string of the molecule is Cc1ccc(NC(=S)NC[C@H](c2cccs2)N(C)C)cc1. The first-order chi connectivity index (χ1) is 10.1. The zero-order valence-electron chi connectivity index (χ0n) is 12.6. The van der Waals surface area contributed by atoms with Gasteiger partial charge in [-0.1, -0.05) is 23.8 Å². The van der Waals surface area contributed by atoms with Crippen LogP contribution in [-0.2, 0) is 0 Å². The minimum absolute atomic E-state index is 0.322. The molecule has 0 saturated heterocycles. The normalized spacial score (nSPS) is 12.2. The summed E-state index contributed by atoms with van der Waals surface area (Å²) >= 11 is 7.14. The third-order valence-corrected chi connectivity index (χ3v) is 4.48. The number of thiophene rings is 1. The molecule has 0 fully saturated rings. The lowest BCUT2D eigenvalue weighted by Gasteiger charge is -2.24. The summed E-state index contributed by atoms with van der Waals surface area (Å²) in [6.45, 7) is 2.86. The van der Waals surface area contributed by atoms with Gasteiger partial charge in [0.25, 0.3) is 0 Å². The zero-order chi connectivity index (χ0) is 15.2. The van der Waals surface area contributed by atoms with Crippen LogP contribution in [0.5, 0.6) is 0 Å². The van der Waals surface area contributed by atoms with Crippen LogP contribution in [0.4, 0.5) is 5.69 Å². The second-order valence-electron chi connectivity index (χ2n) is 5.20. The van der Waals surface area contributed by atoms with E-state index >= 15 is 0 Å². The molecule has 0 saturated carbocycles. The molecule has 0 radical (unpaired) electrons. The second kappa shape index (κ2) is 7.54. The number of hydrogen-bond acceptors (Lipinski definition) is 3. The fourth-order valence-electron chi connectivity index (χ4n) is 2.02. The summed E-state index contributed by atoms with van der Waals surface area (Å²) in [6, 6.07) is 12.8. The third-order valence-electron chi connectivity index (χ3n) is 3.26. The standard InChI is InChI=1S/C16H21N3S2/c1-12-6-8-13(9-7-12)18-16(20)17-11-14(19(2)3)15-5-4-10-21-15/h4-10,14H,11H2,1-3H3,(H2,17,18,20)/t14-/m1/s1. The molecule has 0 unspecified atom stereocenters. The summed E-state index contributed by atoms with van der Waals surface area (Å²) in [5, 5.41) is 9.28. The van der Waals surface area contributed by atoms with E-state index in [0.29, 0.717) is 11.2 Å². The van der Waals surface area contributed by atoms with E-state index in [1.807, 2.05) is 12.1 Å². The average Bonchev–Trinajstić information content (AvgIpc) is 2.95. The fraction of sp³-hybridized carbons (Fsp3) is 0.312. The van der Waals surface area contributed by atoms with E-state index in [9.17, 15) is 0 Å². The van der Waals surface area contributed by atoms with E-state index in [2.05, 4.69) is 66.2 Å².